The predicted molar refractivity (Wildman–Crippen MR) is 125 cm³/mol. The monoisotopic (exact) mass is 530 g/mol. The standard InChI is InChI=1S/C23H17BrF2N4O4/c24-15-1-10-20(34-13-21(31)28-18-6-2-16(25)3-7-18)14(11-15)12-27-30-23(33)22(32)29-19-8-4-17(26)5-9-19/h1-12H,13H2,(H,28,31)(H,29,32)(H,30,33)/b27-12-. The molecule has 0 aliphatic rings. The van der Waals surface area contributed by atoms with Crippen LogP contribution in [0.15, 0.2) is 76.3 Å². The van der Waals surface area contributed by atoms with Crippen LogP contribution in [0, 0.1) is 11.6 Å². The maximum Gasteiger partial charge on any atom is 0.329 e. The molecular formula is C23H17BrF2N4O4. The van der Waals surface area contributed by atoms with Gasteiger partial charge in [-0.25, -0.2) is 14.2 Å². The molecule has 174 valence electrons. The predicted octanol–water partition coefficient (Wildman–Crippen LogP) is 3.83. The van der Waals surface area contributed by atoms with Crippen LogP contribution in [0.25, 0.3) is 0 Å². The molecule has 0 aromatic heterocycles. The SMILES string of the molecule is O=C(COc1ccc(Br)cc1/C=N\NC(=O)C(=O)Nc1ccc(F)cc1)Nc1ccc(F)cc1. The van der Waals surface area contributed by atoms with Gasteiger partial charge in [0.2, 0.25) is 0 Å². The number of amides is 3. The average molecular weight is 531 g/mol. The van der Waals surface area contributed by atoms with E-state index in [4.69, 9.17) is 4.74 Å². The van der Waals surface area contributed by atoms with Crippen molar-refractivity contribution in [2.75, 3.05) is 17.2 Å². The molecule has 0 aliphatic carbocycles. The number of carbonyl (C=O) groups excluding carboxylic acids is 3. The molecule has 0 aliphatic heterocycles. The number of hydrogen-bond donors (Lipinski definition) is 3. The molecule has 0 bridgehead atoms. The van der Waals surface area contributed by atoms with Crippen molar-refractivity contribution in [3.8, 4) is 5.75 Å². The summed E-state index contributed by atoms with van der Waals surface area (Å²) in [5, 5.41) is 8.61. The second-order valence-corrected chi connectivity index (χ2v) is 7.60. The summed E-state index contributed by atoms with van der Waals surface area (Å²) in [6.07, 6.45) is 1.24. The third-order valence-electron chi connectivity index (χ3n) is 4.14. The van der Waals surface area contributed by atoms with Crippen LogP contribution in [0.2, 0.25) is 0 Å². The number of ether oxygens (including phenoxy) is 1. The van der Waals surface area contributed by atoms with Gasteiger partial charge in [0.05, 0.1) is 6.21 Å². The Morgan fingerprint density at radius 2 is 1.44 bits per heavy atom. The van der Waals surface area contributed by atoms with E-state index in [9.17, 15) is 23.2 Å². The molecule has 3 aromatic rings. The number of benzene rings is 3. The molecule has 0 fully saturated rings. The van der Waals surface area contributed by atoms with Crippen molar-refractivity contribution in [1.82, 2.24) is 5.43 Å². The zero-order valence-corrected chi connectivity index (χ0v) is 18.9. The van der Waals surface area contributed by atoms with Gasteiger partial charge in [-0.2, -0.15) is 5.10 Å². The highest BCUT2D eigenvalue weighted by atomic mass is 79.9. The van der Waals surface area contributed by atoms with Gasteiger partial charge in [-0.15, -0.1) is 0 Å². The first kappa shape index (κ1) is 24.5. The minimum Gasteiger partial charge on any atom is -0.483 e. The summed E-state index contributed by atoms with van der Waals surface area (Å²) >= 11 is 3.31. The average Bonchev–Trinajstić information content (AvgIpc) is 2.81. The lowest BCUT2D eigenvalue weighted by molar-refractivity contribution is -0.136. The lowest BCUT2D eigenvalue weighted by Crippen LogP contribution is -2.32. The van der Waals surface area contributed by atoms with E-state index in [1.807, 2.05) is 0 Å². The van der Waals surface area contributed by atoms with E-state index in [1.54, 1.807) is 18.2 Å². The van der Waals surface area contributed by atoms with Crippen molar-refractivity contribution in [2.45, 2.75) is 0 Å². The number of rotatable bonds is 7. The van der Waals surface area contributed by atoms with E-state index in [2.05, 4.69) is 37.1 Å². The summed E-state index contributed by atoms with van der Waals surface area (Å²) in [5.41, 5.74) is 3.13. The molecule has 0 saturated carbocycles. The summed E-state index contributed by atoms with van der Waals surface area (Å²) in [4.78, 5) is 36.0. The molecule has 34 heavy (non-hydrogen) atoms. The van der Waals surface area contributed by atoms with Gasteiger partial charge < -0.3 is 15.4 Å². The Bertz CT molecular complexity index is 1220. The van der Waals surface area contributed by atoms with Crippen LogP contribution < -0.4 is 20.8 Å². The van der Waals surface area contributed by atoms with Crippen molar-refractivity contribution >= 4 is 51.2 Å². The highest BCUT2D eigenvalue weighted by molar-refractivity contribution is 9.10. The fourth-order valence-electron chi connectivity index (χ4n) is 2.56. The third-order valence-corrected chi connectivity index (χ3v) is 4.63. The van der Waals surface area contributed by atoms with E-state index < -0.39 is 29.4 Å². The van der Waals surface area contributed by atoms with Gasteiger partial charge >= 0.3 is 11.8 Å². The first-order valence-electron chi connectivity index (χ1n) is 9.68. The maximum atomic E-state index is 13.0. The molecule has 3 rings (SSSR count). The van der Waals surface area contributed by atoms with E-state index >= 15 is 0 Å². The minimum atomic E-state index is -1.04. The van der Waals surface area contributed by atoms with Crippen molar-refractivity contribution in [3.05, 3.63) is 88.4 Å². The summed E-state index contributed by atoms with van der Waals surface area (Å²) in [7, 11) is 0. The first-order valence-corrected chi connectivity index (χ1v) is 10.5. The summed E-state index contributed by atoms with van der Waals surface area (Å²) < 4.78 is 32.1. The van der Waals surface area contributed by atoms with Crippen LogP contribution in [-0.4, -0.2) is 30.5 Å². The number of hydrazone groups is 1. The number of carbonyl (C=O) groups is 3. The number of nitrogens with one attached hydrogen (secondary N) is 3. The Labute approximate surface area is 201 Å². The molecule has 11 heteroatoms. The third kappa shape index (κ3) is 7.48. The van der Waals surface area contributed by atoms with Gasteiger partial charge in [-0.05, 0) is 66.7 Å². The second-order valence-electron chi connectivity index (χ2n) is 6.69. The topological polar surface area (TPSA) is 109 Å². The van der Waals surface area contributed by atoms with Crippen molar-refractivity contribution < 1.29 is 27.9 Å². The first-order chi connectivity index (χ1) is 16.3. The van der Waals surface area contributed by atoms with Gasteiger partial charge in [0.15, 0.2) is 6.61 Å². The van der Waals surface area contributed by atoms with Crippen LogP contribution in [0.4, 0.5) is 20.2 Å². The molecule has 8 nitrogen and oxygen atoms in total. The number of nitrogens with zero attached hydrogens (tertiary/aromatic N) is 1. The van der Waals surface area contributed by atoms with Crippen molar-refractivity contribution in [2.24, 2.45) is 5.10 Å². The van der Waals surface area contributed by atoms with E-state index in [1.165, 1.54) is 42.6 Å². The smallest absolute Gasteiger partial charge is 0.329 e. The Morgan fingerprint density at radius 1 is 0.853 bits per heavy atom. The molecule has 0 radical (unpaired) electrons. The van der Waals surface area contributed by atoms with Gasteiger partial charge in [-0.3, -0.25) is 14.4 Å². The summed E-state index contributed by atoms with van der Waals surface area (Å²) in [6.45, 7) is -0.341. The molecule has 0 atom stereocenters. The second kappa shape index (κ2) is 11.7. The minimum absolute atomic E-state index is 0.243. The van der Waals surface area contributed by atoms with E-state index in [0.29, 0.717) is 15.7 Å². The normalized spacial score (nSPS) is 10.6. The molecule has 0 unspecified atom stereocenters. The quantitative estimate of drug-likeness (QED) is 0.245. The summed E-state index contributed by atoms with van der Waals surface area (Å²) in [6, 6.07) is 15.0. The lowest BCUT2D eigenvalue weighted by Gasteiger charge is -2.10. The van der Waals surface area contributed by atoms with Crippen LogP contribution in [-0.2, 0) is 14.4 Å². The van der Waals surface area contributed by atoms with Crippen LogP contribution >= 0.6 is 15.9 Å². The van der Waals surface area contributed by atoms with Crippen molar-refractivity contribution in [1.29, 1.82) is 0 Å². The Balaban J connectivity index is 1.56. The number of anilines is 2. The molecule has 0 spiro atoms. The molecule has 3 amide bonds. The van der Waals surface area contributed by atoms with Crippen LogP contribution in [0.1, 0.15) is 5.56 Å². The van der Waals surface area contributed by atoms with Crippen LogP contribution in [0.3, 0.4) is 0 Å². The molecule has 3 N–H and O–H groups in total. The van der Waals surface area contributed by atoms with E-state index in [-0.39, 0.29) is 18.0 Å². The Hall–Kier alpha value is -4.12. The zero-order chi connectivity index (χ0) is 24.5. The highest BCUT2D eigenvalue weighted by Crippen LogP contribution is 2.22. The fraction of sp³-hybridized carbons (Fsp3) is 0.0435. The lowest BCUT2D eigenvalue weighted by atomic mass is 10.2. The number of halogens is 3. The Kier molecular flexibility index (Phi) is 8.41. The summed E-state index contributed by atoms with van der Waals surface area (Å²) in [5.74, 6) is -3.13. The van der Waals surface area contributed by atoms with Gasteiger partial charge in [0, 0.05) is 21.4 Å². The van der Waals surface area contributed by atoms with Crippen molar-refractivity contribution in [3.63, 3.8) is 0 Å². The fourth-order valence-corrected chi connectivity index (χ4v) is 2.94. The Morgan fingerprint density at radius 3 is 2.06 bits per heavy atom. The largest absolute Gasteiger partial charge is 0.483 e. The van der Waals surface area contributed by atoms with Gasteiger partial charge in [-0.1, -0.05) is 15.9 Å². The molecular weight excluding hydrogens is 514 g/mol. The zero-order valence-electron chi connectivity index (χ0n) is 17.3. The van der Waals surface area contributed by atoms with E-state index in [0.717, 1.165) is 12.1 Å². The van der Waals surface area contributed by atoms with Crippen LogP contribution in [0.5, 0.6) is 5.75 Å². The molecule has 0 heterocycles. The maximum absolute atomic E-state index is 13.0. The molecule has 0 saturated heterocycles. The van der Waals surface area contributed by atoms with Gasteiger partial charge in [0.1, 0.15) is 17.4 Å². The highest BCUT2D eigenvalue weighted by Gasteiger charge is 2.13. The van der Waals surface area contributed by atoms with Gasteiger partial charge in [0.25, 0.3) is 5.91 Å². The molecule has 3 aromatic carbocycles. The number of hydrogen-bond acceptors (Lipinski definition) is 5.